The van der Waals surface area contributed by atoms with Crippen molar-refractivity contribution in [1.82, 2.24) is 9.78 Å². The highest BCUT2D eigenvalue weighted by Gasteiger charge is 2.53. The Morgan fingerprint density at radius 3 is 2.09 bits per heavy atom. The van der Waals surface area contributed by atoms with Gasteiger partial charge in [-0.2, -0.15) is 5.10 Å². The highest BCUT2D eigenvalue weighted by molar-refractivity contribution is 6.63. The molecule has 0 amide bonds. The van der Waals surface area contributed by atoms with Crippen molar-refractivity contribution in [2.45, 2.75) is 98.3 Å². The van der Waals surface area contributed by atoms with Crippen LogP contribution in [0.3, 0.4) is 0 Å². The number of hydrogen-bond donors (Lipinski definition) is 0. The molecule has 130 valence electrons. The molecule has 0 saturated carbocycles. The van der Waals surface area contributed by atoms with Crippen molar-refractivity contribution < 1.29 is 9.31 Å². The van der Waals surface area contributed by atoms with E-state index in [0.29, 0.717) is 0 Å². The van der Waals surface area contributed by atoms with Crippen LogP contribution in [0.1, 0.15) is 78.1 Å². The lowest BCUT2D eigenvalue weighted by Gasteiger charge is -2.32. The molecule has 0 bridgehead atoms. The number of nitrogens with zero attached hydrogens (tertiary/aromatic N) is 2. The molecule has 0 aromatic carbocycles. The first-order chi connectivity index (χ1) is 10.7. The Bertz CT molecular complexity index is 521. The van der Waals surface area contributed by atoms with Crippen molar-refractivity contribution in [3.05, 3.63) is 11.4 Å². The molecule has 2 heterocycles. The van der Waals surface area contributed by atoms with E-state index in [1.54, 1.807) is 0 Å². The summed E-state index contributed by atoms with van der Waals surface area (Å²) in [4.78, 5) is 0. The quantitative estimate of drug-likeness (QED) is 0.567. The largest absolute Gasteiger partial charge is 0.498 e. The second kappa shape index (κ2) is 6.98. The molecule has 0 unspecified atom stereocenters. The van der Waals surface area contributed by atoms with Crippen LogP contribution >= 0.6 is 0 Å². The minimum absolute atomic E-state index is 0.307. The molecule has 1 aromatic heterocycles. The third-order valence-corrected chi connectivity index (χ3v) is 5.40. The maximum absolute atomic E-state index is 6.21. The van der Waals surface area contributed by atoms with Gasteiger partial charge in [0, 0.05) is 17.7 Å². The van der Waals surface area contributed by atoms with Gasteiger partial charge in [0.05, 0.1) is 16.9 Å². The SMILES string of the molecule is CCCCCCCn1nc(C)c(B2OC(C)(C)C(C)(C)O2)c1C. The summed E-state index contributed by atoms with van der Waals surface area (Å²) in [5, 5.41) is 4.72. The first kappa shape index (κ1) is 18.5. The summed E-state index contributed by atoms with van der Waals surface area (Å²) in [6.45, 7) is 15.8. The zero-order chi connectivity index (χ0) is 17.3. The molecule has 1 aliphatic heterocycles. The smallest absolute Gasteiger partial charge is 0.399 e. The van der Waals surface area contributed by atoms with E-state index in [1.807, 2.05) is 0 Å². The summed E-state index contributed by atoms with van der Waals surface area (Å²) in [5.74, 6) is 0. The van der Waals surface area contributed by atoms with Gasteiger partial charge in [0.25, 0.3) is 0 Å². The molecule has 4 nitrogen and oxygen atoms in total. The Kier molecular flexibility index (Phi) is 5.62. The molecular weight excluding hydrogens is 287 g/mol. The lowest BCUT2D eigenvalue weighted by atomic mass is 9.77. The topological polar surface area (TPSA) is 36.3 Å². The van der Waals surface area contributed by atoms with Crippen LogP contribution in [-0.2, 0) is 15.9 Å². The van der Waals surface area contributed by atoms with E-state index >= 15 is 0 Å². The van der Waals surface area contributed by atoms with Gasteiger partial charge in [-0.15, -0.1) is 0 Å². The van der Waals surface area contributed by atoms with Gasteiger partial charge >= 0.3 is 7.12 Å². The average molecular weight is 320 g/mol. The Morgan fingerprint density at radius 2 is 1.52 bits per heavy atom. The second-order valence-electron chi connectivity index (χ2n) is 7.81. The molecule has 0 spiro atoms. The van der Waals surface area contributed by atoms with Crippen LogP contribution in [0.15, 0.2) is 0 Å². The molecule has 1 aliphatic rings. The van der Waals surface area contributed by atoms with Crippen LogP contribution in [-0.4, -0.2) is 28.1 Å². The zero-order valence-electron chi connectivity index (χ0n) is 16.0. The van der Waals surface area contributed by atoms with Gasteiger partial charge in [-0.3, -0.25) is 4.68 Å². The van der Waals surface area contributed by atoms with E-state index in [-0.39, 0.29) is 18.3 Å². The summed E-state index contributed by atoms with van der Waals surface area (Å²) in [7, 11) is -0.311. The summed E-state index contributed by atoms with van der Waals surface area (Å²) < 4.78 is 14.5. The highest BCUT2D eigenvalue weighted by Crippen LogP contribution is 2.36. The van der Waals surface area contributed by atoms with E-state index < -0.39 is 0 Å². The summed E-state index contributed by atoms with van der Waals surface area (Å²) in [6.07, 6.45) is 6.39. The molecule has 1 fully saturated rings. The van der Waals surface area contributed by atoms with Gasteiger partial charge in [0.15, 0.2) is 0 Å². The molecule has 0 aliphatic carbocycles. The van der Waals surface area contributed by atoms with E-state index in [4.69, 9.17) is 14.4 Å². The lowest BCUT2D eigenvalue weighted by molar-refractivity contribution is 0.00578. The van der Waals surface area contributed by atoms with Gasteiger partial charge < -0.3 is 9.31 Å². The molecule has 0 N–H and O–H groups in total. The minimum atomic E-state index is -0.311. The lowest BCUT2D eigenvalue weighted by Crippen LogP contribution is -2.41. The molecule has 2 rings (SSSR count). The number of hydrogen-bond acceptors (Lipinski definition) is 3. The van der Waals surface area contributed by atoms with Crippen LogP contribution < -0.4 is 5.46 Å². The zero-order valence-corrected chi connectivity index (χ0v) is 16.0. The molecule has 5 heteroatoms. The van der Waals surface area contributed by atoms with Crippen molar-refractivity contribution in [1.29, 1.82) is 0 Å². The van der Waals surface area contributed by atoms with E-state index in [2.05, 4.69) is 53.1 Å². The number of aromatic nitrogens is 2. The fourth-order valence-corrected chi connectivity index (χ4v) is 3.10. The molecule has 1 saturated heterocycles. The Labute approximate surface area is 142 Å². The number of unbranched alkanes of at least 4 members (excludes halogenated alkanes) is 4. The molecular formula is C18H33BN2O2. The predicted octanol–water partition coefficient (Wildman–Crippen LogP) is 3.77. The van der Waals surface area contributed by atoms with Crippen molar-refractivity contribution in [3.8, 4) is 0 Å². The average Bonchev–Trinajstić information content (AvgIpc) is 2.82. The van der Waals surface area contributed by atoms with E-state index in [9.17, 15) is 0 Å². The third-order valence-electron chi connectivity index (χ3n) is 5.40. The maximum Gasteiger partial charge on any atom is 0.498 e. The molecule has 23 heavy (non-hydrogen) atoms. The van der Waals surface area contributed by atoms with Crippen LogP contribution in [0.4, 0.5) is 0 Å². The Morgan fingerprint density at radius 1 is 0.957 bits per heavy atom. The fraction of sp³-hybridized carbons (Fsp3) is 0.833. The third kappa shape index (κ3) is 3.82. The van der Waals surface area contributed by atoms with Gasteiger partial charge in [0.1, 0.15) is 0 Å². The molecule has 0 atom stereocenters. The molecule has 1 aromatic rings. The van der Waals surface area contributed by atoms with Crippen LogP contribution in [0.2, 0.25) is 0 Å². The second-order valence-corrected chi connectivity index (χ2v) is 7.81. The van der Waals surface area contributed by atoms with Gasteiger partial charge in [-0.1, -0.05) is 32.6 Å². The van der Waals surface area contributed by atoms with Gasteiger partial charge in [-0.05, 0) is 48.0 Å². The highest BCUT2D eigenvalue weighted by atomic mass is 16.7. The monoisotopic (exact) mass is 320 g/mol. The minimum Gasteiger partial charge on any atom is -0.399 e. The summed E-state index contributed by atoms with van der Waals surface area (Å²) in [6, 6.07) is 0. The predicted molar refractivity (Wildman–Crippen MR) is 96.2 cm³/mol. The summed E-state index contributed by atoms with van der Waals surface area (Å²) in [5.41, 5.74) is 2.70. The first-order valence-corrected chi connectivity index (χ1v) is 9.09. The number of aryl methyl sites for hydroxylation is 2. The Balaban J connectivity index is 2.07. The van der Waals surface area contributed by atoms with Crippen LogP contribution in [0.25, 0.3) is 0 Å². The van der Waals surface area contributed by atoms with Crippen molar-refractivity contribution >= 4 is 12.6 Å². The maximum atomic E-state index is 6.21. The van der Waals surface area contributed by atoms with Crippen molar-refractivity contribution in [3.63, 3.8) is 0 Å². The molecule has 0 radical (unpaired) electrons. The summed E-state index contributed by atoms with van der Waals surface area (Å²) >= 11 is 0. The van der Waals surface area contributed by atoms with E-state index in [0.717, 1.165) is 17.7 Å². The number of rotatable bonds is 7. The van der Waals surface area contributed by atoms with E-state index in [1.165, 1.54) is 37.8 Å². The van der Waals surface area contributed by atoms with Crippen molar-refractivity contribution in [2.75, 3.05) is 0 Å². The van der Waals surface area contributed by atoms with Crippen LogP contribution in [0.5, 0.6) is 0 Å². The standard InChI is InChI=1S/C18H33BN2O2/c1-8-9-10-11-12-13-21-15(3)16(14(2)20-21)19-22-17(4,5)18(6,7)23-19/h8-13H2,1-7H3. The van der Waals surface area contributed by atoms with Crippen LogP contribution in [0, 0.1) is 13.8 Å². The normalized spacial score (nSPS) is 19.5. The van der Waals surface area contributed by atoms with Crippen molar-refractivity contribution in [2.24, 2.45) is 0 Å². The first-order valence-electron chi connectivity index (χ1n) is 9.09. The van der Waals surface area contributed by atoms with Gasteiger partial charge in [-0.25, -0.2) is 0 Å². The fourth-order valence-electron chi connectivity index (χ4n) is 3.10. The van der Waals surface area contributed by atoms with Gasteiger partial charge in [0.2, 0.25) is 0 Å². The Hall–Kier alpha value is -0.805.